The van der Waals surface area contributed by atoms with Crippen LogP contribution in [-0.4, -0.2) is 11.8 Å². The molecule has 0 radical (unpaired) electrons. The van der Waals surface area contributed by atoms with Crippen molar-refractivity contribution < 1.29 is 4.79 Å². The number of benzene rings is 3. The molecule has 0 saturated heterocycles. The molecule has 0 unspecified atom stereocenters. The first-order chi connectivity index (χ1) is 14.3. The molecule has 5 rings (SSSR count). The number of nitrogens with one attached hydrogen (secondary N) is 1. The molecule has 0 spiro atoms. The van der Waals surface area contributed by atoms with Gasteiger partial charge in [0.15, 0.2) is 0 Å². The Labute approximate surface area is 172 Å². The zero-order valence-corrected chi connectivity index (χ0v) is 16.5. The van der Waals surface area contributed by atoms with Gasteiger partial charge in [0, 0.05) is 17.2 Å². The molecular weight excluding hydrogens is 354 g/mol. The second-order valence-electron chi connectivity index (χ2n) is 8.05. The van der Waals surface area contributed by atoms with Crippen LogP contribution in [0.3, 0.4) is 0 Å². The lowest BCUT2D eigenvalue weighted by atomic mass is 9.94. The van der Waals surface area contributed by atoms with E-state index in [-0.39, 0.29) is 5.78 Å². The number of fused-ring (bicyclic) bond motifs is 1. The van der Waals surface area contributed by atoms with E-state index in [2.05, 4.69) is 53.8 Å². The summed E-state index contributed by atoms with van der Waals surface area (Å²) in [4.78, 5) is 13.4. The third kappa shape index (κ3) is 3.40. The molecule has 2 aliphatic carbocycles. The van der Waals surface area contributed by atoms with Gasteiger partial charge in [0.1, 0.15) is 0 Å². The Morgan fingerprint density at radius 3 is 2.00 bits per heavy atom. The standard InChI is InChI=1S/C27H25NO/c29-27-23-17-16-21(19-10-4-1-5-11-19)18-24(23)25(20-12-6-2-7-13-20)26(27)28-22-14-8-3-9-15-22/h1-2,4-7,10-13,16-18,22H,3,8-9,14-15H2,(H,28,29). The van der Waals surface area contributed by atoms with E-state index >= 15 is 0 Å². The SMILES string of the molecule is O=C1C(NC2CCCCC2)=C(c2ccccc2)c2cc(-c3ccccc3)ccc21. The van der Waals surface area contributed by atoms with Gasteiger partial charge in [-0.3, -0.25) is 4.79 Å². The Balaban J connectivity index is 1.63. The Kier molecular flexibility index (Phi) is 4.77. The summed E-state index contributed by atoms with van der Waals surface area (Å²) in [5.41, 5.74) is 7.09. The smallest absolute Gasteiger partial charge is 0.210 e. The van der Waals surface area contributed by atoms with Crippen LogP contribution in [0.2, 0.25) is 0 Å². The Bertz CT molecular complexity index is 1060. The van der Waals surface area contributed by atoms with Crippen molar-refractivity contribution in [1.29, 1.82) is 0 Å². The summed E-state index contributed by atoms with van der Waals surface area (Å²) in [5.74, 6) is 0.129. The fraction of sp³-hybridized carbons (Fsp3) is 0.222. The average Bonchev–Trinajstić information content (AvgIpc) is 3.06. The van der Waals surface area contributed by atoms with Crippen molar-refractivity contribution >= 4 is 11.4 Å². The van der Waals surface area contributed by atoms with Crippen LogP contribution in [0.25, 0.3) is 16.7 Å². The molecule has 144 valence electrons. The summed E-state index contributed by atoms with van der Waals surface area (Å²) in [6.07, 6.45) is 6.07. The van der Waals surface area contributed by atoms with Crippen molar-refractivity contribution in [3.05, 3.63) is 101 Å². The monoisotopic (exact) mass is 379 g/mol. The molecule has 2 aliphatic rings. The largest absolute Gasteiger partial charge is 0.379 e. The van der Waals surface area contributed by atoms with Crippen molar-refractivity contribution in [2.24, 2.45) is 0 Å². The highest BCUT2D eigenvalue weighted by Crippen LogP contribution is 2.39. The topological polar surface area (TPSA) is 29.1 Å². The summed E-state index contributed by atoms with van der Waals surface area (Å²) < 4.78 is 0. The normalized spacial score (nSPS) is 16.8. The minimum absolute atomic E-state index is 0.129. The minimum Gasteiger partial charge on any atom is -0.379 e. The molecule has 1 N–H and O–H groups in total. The molecule has 0 heterocycles. The van der Waals surface area contributed by atoms with Crippen molar-refractivity contribution in [1.82, 2.24) is 5.32 Å². The molecular formula is C27H25NO. The zero-order chi connectivity index (χ0) is 19.6. The van der Waals surface area contributed by atoms with Crippen LogP contribution in [0.1, 0.15) is 53.6 Å². The van der Waals surface area contributed by atoms with Gasteiger partial charge in [-0.25, -0.2) is 0 Å². The molecule has 0 amide bonds. The summed E-state index contributed by atoms with van der Waals surface area (Å²) >= 11 is 0. The number of rotatable bonds is 4. The number of ketones is 1. The number of carbonyl (C=O) groups excluding carboxylic acids is 1. The van der Waals surface area contributed by atoms with Crippen LogP contribution < -0.4 is 5.32 Å². The van der Waals surface area contributed by atoms with Crippen molar-refractivity contribution in [2.45, 2.75) is 38.1 Å². The number of carbonyl (C=O) groups is 1. The van der Waals surface area contributed by atoms with E-state index in [1.165, 1.54) is 24.8 Å². The van der Waals surface area contributed by atoms with Crippen LogP contribution in [0.5, 0.6) is 0 Å². The Morgan fingerprint density at radius 1 is 0.655 bits per heavy atom. The van der Waals surface area contributed by atoms with Gasteiger partial charge in [-0.1, -0.05) is 86.0 Å². The maximum absolute atomic E-state index is 13.4. The van der Waals surface area contributed by atoms with Gasteiger partial charge < -0.3 is 5.32 Å². The molecule has 2 nitrogen and oxygen atoms in total. The summed E-state index contributed by atoms with van der Waals surface area (Å²) in [6.45, 7) is 0. The van der Waals surface area contributed by atoms with Gasteiger partial charge in [0.05, 0.1) is 5.70 Å². The van der Waals surface area contributed by atoms with E-state index in [4.69, 9.17) is 0 Å². The van der Waals surface area contributed by atoms with Gasteiger partial charge in [-0.2, -0.15) is 0 Å². The molecule has 2 heteroatoms. The van der Waals surface area contributed by atoms with E-state index in [0.29, 0.717) is 6.04 Å². The van der Waals surface area contributed by atoms with Crippen LogP contribution in [0.15, 0.2) is 84.6 Å². The molecule has 0 atom stereocenters. The lowest BCUT2D eigenvalue weighted by Gasteiger charge is -2.24. The molecule has 0 bridgehead atoms. The number of allylic oxidation sites excluding steroid dienone is 1. The fourth-order valence-electron chi connectivity index (χ4n) is 4.64. The van der Waals surface area contributed by atoms with Gasteiger partial charge in [-0.05, 0) is 47.2 Å². The summed E-state index contributed by atoms with van der Waals surface area (Å²) in [6, 6.07) is 27.3. The van der Waals surface area contributed by atoms with E-state index in [0.717, 1.165) is 46.4 Å². The van der Waals surface area contributed by atoms with Crippen LogP contribution in [-0.2, 0) is 0 Å². The zero-order valence-electron chi connectivity index (χ0n) is 16.5. The van der Waals surface area contributed by atoms with Gasteiger partial charge >= 0.3 is 0 Å². The van der Waals surface area contributed by atoms with E-state index in [1.807, 2.05) is 30.3 Å². The molecule has 29 heavy (non-hydrogen) atoms. The van der Waals surface area contributed by atoms with Crippen LogP contribution in [0.4, 0.5) is 0 Å². The van der Waals surface area contributed by atoms with E-state index < -0.39 is 0 Å². The predicted octanol–water partition coefficient (Wildman–Crippen LogP) is 6.23. The number of Topliss-reactive ketones (excluding diaryl/α,β-unsaturated/α-hetero) is 1. The number of hydrogen-bond donors (Lipinski definition) is 1. The lowest BCUT2D eigenvalue weighted by molar-refractivity contribution is 0.102. The quantitative estimate of drug-likeness (QED) is 0.582. The first kappa shape index (κ1) is 17.9. The summed E-state index contributed by atoms with van der Waals surface area (Å²) in [7, 11) is 0. The molecule has 3 aromatic carbocycles. The fourth-order valence-corrected chi connectivity index (χ4v) is 4.64. The third-order valence-electron chi connectivity index (χ3n) is 6.13. The maximum Gasteiger partial charge on any atom is 0.210 e. The number of hydrogen-bond acceptors (Lipinski definition) is 2. The van der Waals surface area contributed by atoms with E-state index in [9.17, 15) is 4.79 Å². The molecule has 3 aromatic rings. The van der Waals surface area contributed by atoms with Crippen molar-refractivity contribution in [2.75, 3.05) is 0 Å². The first-order valence-corrected chi connectivity index (χ1v) is 10.6. The highest BCUT2D eigenvalue weighted by molar-refractivity contribution is 6.22. The van der Waals surface area contributed by atoms with Gasteiger partial charge in [0.25, 0.3) is 0 Å². The first-order valence-electron chi connectivity index (χ1n) is 10.6. The van der Waals surface area contributed by atoms with Gasteiger partial charge in [-0.15, -0.1) is 0 Å². The Hall–Kier alpha value is -3.13. The van der Waals surface area contributed by atoms with Crippen LogP contribution >= 0.6 is 0 Å². The second-order valence-corrected chi connectivity index (χ2v) is 8.05. The van der Waals surface area contributed by atoms with Crippen LogP contribution in [0, 0.1) is 0 Å². The molecule has 1 fully saturated rings. The highest BCUT2D eigenvalue weighted by atomic mass is 16.1. The molecule has 1 saturated carbocycles. The maximum atomic E-state index is 13.4. The highest BCUT2D eigenvalue weighted by Gasteiger charge is 2.32. The third-order valence-corrected chi connectivity index (χ3v) is 6.13. The van der Waals surface area contributed by atoms with E-state index in [1.54, 1.807) is 0 Å². The molecule has 0 aromatic heterocycles. The lowest BCUT2D eigenvalue weighted by Crippen LogP contribution is -2.32. The average molecular weight is 380 g/mol. The minimum atomic E-state index is 0.129. The van der Waals surface area contributed by atoms with Crippen molar-refractivity contribution in [3.8, 4) is 11.1 Å². The summed E-state index contributed by atoms with van der Waals surface area (Å²) in [5, 5.41) is 3.65. The second kappa shape index (κ2) is 7.71. The van der Waals surface area contributed by atoms with Gasteiger partial charge in [0.2, 0.25) is 5.78 Å². The van der Waals surface area contributed by atoms with Crippen molar-refractivity contribution in [3.63, 3.8) is 0 Å². The molecule has 0 aliphatic heterocycles. The predicted molar refractivity (Wildman–Crippen MR) is 119 cm³/mol. The Morgan fingerprint density at radius 2 is 1.31 bits per heavy atom.